The first kappa shape index (κ1) is 8.22. The van der Waals surface area contributed by atoms with Gasteiger partial charge in [-0.2, -0.15) is 0 Å². The van der Waals surface area contributed by atoms with Crippen molar-refractivity contribution in [3.05, 3.63) is 36.3 Å². The molecule has 0 aliphatic carbocycles. The van der Waals surface area contributed by atoms with E-state index in [-0.39, 0.29) is 12.6 Å². The van der Waals surface area contributed by atoms with Crippen LogP contribution >= 0.6 is 0 Å². The molecule has 1 unspecified atom stereocenters. The van der Waals surface area contributed by atoms with E-state index in [0.717, 1.165) is 11.2 Å². The average molecular weight is 177 g/mol. The summed E-state index contributed by atoms with van der Waals surface area (Å²) in [5.74, 6) is 0. The van der Waals surface area contributed by atoms with Gasteiger partial charge in [0.15, 0.2) is 0 Å². The Morgan fingerprint density at radius 1 is 1.54 bits per heavy atom. The Hall–Kier alpha value is -1.39. The molecule has 0 aliphatic heterocycles. The van der Waals surface area contributed by atoms with Gasteiger partial charge in [-0.05, 0) is 17.7 Å². The molecule has 2 aromatic rings. The van der Waals surface area contributed by atoms with Crippen LogP contribution in [0.5, 0.6) is 0 Å². The first-order valence-electron chi connectivity index (χ1n) is 4.10. The maximum atomic E-state index is 8.86. The Balaban J connectivity index is 2.48. The van der Waals surface area contributed by atoms with Gasteiger partial charge in [-0.15, -0.1) is 0 Å². The standard InChI is InChI=1S/C9H11N3O/c10-8(6-13)7-1-3-12-4-2-11-9(12)5-7/h1-5,8,13H,6,10H2. The van der Waals surface area contributed by atoms with Crippen LogP contribution < -0.4 is 5.73 Å². The molecule has 13 heavy (non-hydrogen) atoms. The third-order valence-corrected chi connectivity index (χ3v) is 2.05. The predicted molar refractivity (Wildman–Crippen MR) is 49.2 cm³/mol. The average Bonchev–Trinajstić information content (AvgIpc) is 2.63. The lowest BCUT2D eigenvalue weighted by atomic mass is 10.1. The van der Waals surface area contributed by atoms with E-state index in [1.165, 1.54) is 0 Å². The van der Waals surface area contributed by atoms with Gasteiger partial charge in [0.25, 0.3) is 0 Å². The van der Waals surface area contributed by atoms with Gasteiger partial charge in [0.2, 0.25) is 0 Å². The molecule has 4 heteroatoms. The number of aliphatic hydroxyl groups is 1. The monoisotopic (exact) mass is 177 g/mol. The highest BCUT2D eigenvalue weighted by Gasteiger charge is 2.04. The topological polar surface area (TPSA) is 63.5 Å². The fourth-order valence-electron chi connectivity index (χ4n) is 1.26. The van der Waals surface area contributed by atoms with Crippen LogP contribution in [0.3, 0.4) is 0 Å². The number of fused-ring (bicyclic) bond motifs is 1. The molecule has 2 heterocycles. The summed E-state index contributed by atoms with van der Waals surface area (Å²) in [6, 6.07) is 3.44. The molecule has 0 amide bonds. The predicted octanol–water partition coefficient (Wildman–Crippen LogP) is 0.326. The SMILES string of the molecule is NC(CO)c1ccn2ccnc2c1. The molecule has 0 radical (unpaired) electrons. The number of hydrogen-bond donors (Lipinski definition) is 2. The molecule has 0 spiro atoms. The van der Waals surface area contributed by atoms with Crippen LogP contribution in [-0.2, 0) is 0 Å². The highest BCUT2D eigenvalue weighted by atomic mass is 16.3. The Bertz CT molecular complexity index is 410. The summed E-state index contributed by atoms with van der Waals surface area (Å²) in [6.45, 7) is -0.0448. The lowest BCUT2D eigenvalue weighted by Crippen LogP contribution is -2.14. The van der Waals surface area contributed by atoms with E-state index in [1.54, 1.807) is 6.20 Å². The van der Waals surface area contributed by atoms with Gasteiger partial charge in [-0.3, -0.25) is 0 Å². The number of pyridine rings is 1. The number of rotatable bonds is 2. The molecule has 3 N–H and O–H groups in total. The highest BCUT2D eigenvalue weighted by Crippen LogP contribution is 2.11. The first-order valence-corrected chi connectivity index (χ1v) is 4.10. The molecule has 1 atom stereocenters. The first-order chi connectivity index (χ1) is 6.31. The Labute approximate surface area is 75.6 Å². The zero-order chi connectivity index (χ0) is 9.26. The summed E-state index contributed by atoms with van der Waals surface area (Å²) in [7, 11) is 0. The van der Waals surface area contributed by atoms with E-state index in [4.69, 9.17) is 10.8 Å². The molecule has 0 aromatic carbocycles. The third-order valence-electron chi connectivity index (χ3n) is 2.05. The van der Waals surface area contributed by atoms with Crippen LogP contribution in [0.1, 0.15) is 11.6 Å². The molecule has 0 saturated carbocycles. The van der Waals surface area contributed by atoms with Crippen molar-refractivity contribution in [2.45, 2.75) is 6.04 Å². The highest BCUT2D eigenvalue weighted by molar-refractivity contribution is 5.42. The van der Waals surface area contributed by atoms with Crippen molar-refractivity contribution in [2.24, 2.45) is 5.73 Å². The summed E-state index contributed by atoms with van der Waals surface area (Å²) >= 11 is 0. The van der Waals surface area contributed by atoms with Crippen LogP contribution in [0.25, 0.3) is 5.65 Å². The number of nitrogens with two attached hydrogens (primary N) is 1. The molecule has 0 bridgehead atoms. The van der Waals surface area contributed by atoms with Gasteiger partial charge in [0.1, 0.15) is 5.65 Å². The quantitative estimate of drug-likeness (QED) is 0.694. The van der Waals surface area contributed by atoms with Crippen LogP contribution in [0.2, 0.25) is 0 Å². The number of nitrogens with zero attached hydrogens (tertiary/aromatic N) is 2. The van der Waals surface area contributed by atoms with Gasteiger partial charge < -0.3 is 15.2 Å². The minimum absolute atomic E-state index is 0.0448. The molecule has 4 nitrogen and oxygen atoms in total. The second-order valence-electron chi connectivity index (χ2n) is 2.94. The number of hydrogen-bond acceptors (Lipinski definition) is 3. The van der Waals surface area contributed by atoms with E-state index in [2.05, 4.69) is 4.98 Å². The van der Waals surface area contributed by atoms with Crippen molar-refractivity contribution < 1.29 is 5.11 Å². The largest absolute Gasteiger partial charge is 0.394 e. The second-order valence-corrected chi connectivity index (χ2v) is 2.94. The van der Waals surface area contributed by atoms with E-state index in [1.807, 2.05) is 28.9 Å². The Morgan fingerprint density at radius 3 is 3.15 bits per heavy atom. The molecular weight excluding hydrogens is 166 g/mol. The van der Waals surface area contributed by atoms with Gasteiger partial charge in [-0.1, -0.05) is 0 Å². The molecule has 2 aromatic heterocycles. The van der Waals surface area contributed by atoms with Crippen LogP contribution in [0.15, 0.2) is 30.7 Å². The van der Waals surface area contributed by atoms with Crippen molar-refractivity contribution in [1.29, 1.82) is 0 Å². The van der Waals surface area contributed by atoms with E-state index in [9.17, 15) is 0 Å². The van der Waals surface area contributed by atoms with Gasteiger partial charge in [0, 0.05) is 18.6 Å². The van der Waals surface area contributed by atoms with Crippen molar-refractivity contribution >= 4 is 5.65 Å². The number of aliphatic hydroxyl groups excluding tert-OH is 1. The summed E-state index contributed by atoms with van der Waals surface area (Å²) < 4.78 is 1.90. The van der Waals surface area contributed by atoms with Crippen molar-refractivity contribution in [3.8, 4) is 0 Å². The molecule has 2 rings (SSSR count). The maximum Gasteiger partial charge on any atom is 0.136 e. The summed E-state index contributed by atoms with van der Waals surface area (Å²) in [5.41, 5.74) is 7.42. The van der Waals surface area contributed by atoms with Crippen molar-refractivity contribution in [2.75, 3.05) is 6.61 Å². The summed E-state index contributed by atoms with van der Waals surface area (Å²) in [6.07, 6.45) is 5.47. The minimum atomic E-state index is -0.318. The maximum absolute atomic E-state index is 8.86. The smallest absolute Gasteiger partial charge is 0.136 e. The van der Waals surface area contributed by atoms with Crippen molar-refractivity contribution in [3.63, 3.8) is 0 Å². The lowest BCUT2D eigenvalue weighted by molar-refractivity contribution is 0.268. The van der Waals surface area contributed by atoms with Crippen molar-refractivity contribution in [1.82, 2.24) is 9.38 Å². The second kappa shape index (κ2) is 3.16. The molecular formula is C9H11N3O. The van der Waals surface area contributed by atoms with Gasteiger partial charge >= 0.3 is 0 Å². The van der Waals surface area contributed by atoms with E-state index < -0.39 is 0 Å². The third kappa shape index (κ3) is 1.41. The number of imidazole rings is 1. The normalized spacial score (nSPS) is 13.4. The summed E-state index contributed by atoms with van der Waals surface area (Å²) in [4.78, 5) is 4.12. The minimum Gasteiger partial charge on any atom is -0.394 e. The fourth-order valence-corrected chi connectivity index (χ4v) is 1.26. The van der Waals surface area contributed by atoms with Gasteiger partial charge in [-0.25, -0.2) is 4.98 Å². The molecule has 68 valence electrons. The van der Waals surface area contributed by atoms with Gasteiger partial charge in [0.05, 0.1) is 12.6 Å². The molecule has 0 fully saturated rings. The van der Waals surface area contributed by atoms with Crippen LogP contribution in [-0.4, -0.2) is 21.1 Å². The zero-order valence-corrected chi connectivity index (χ0v) is 7.09. The zero-order valence-electron chi connectivity index (χ0n) is 7.09. The molecule has 0 saturated heterocycles. The van der Waals surface area contributed by atoms with E-state index >= 15 is 0 Å². The lowest BCUT2D eigenvalue weighted by Gasteiger charge is -2.07. The summed E-state index contributed by atoms with van der Waals surface area (Å²) in [5, 5.41) is 8.86. The van der Waals surface area contributed by atoms with Crippen LogP contribution in [0.4, 0.5) is 0 Å². The van der Waals surface area contributed by atoms with Crippen LogP contribution in [0, 0.1) is 0 Å². The van der Waals surface area contributed by atoms with E-state index in [0.29, 0.717) is 0 Å². The fraction of sp³-hybridized carbons (Fsp3) is 0.222. The number of aromatic nitrogens is 2. The molecule has 0 aliphatic rings. The Kier molecular flexibility index (Phi) is 2.00. The Morgan fingerprint density at radius 2 is 2.38 bits per heavy atom.